The monoisotopic (exact) mass is 255 g/mol. The zero-order valence-corrected chi connectivity index (χ0v) is 9.84. The molecule has 0 aliphatic carbocycles. The third kappa shape index (κ3) is 3.06. The zero-order chi connectivity index (χ0) is 13.9. The summed E-state index contributed by atoms with van der Waals surface area (Å²) >= 11 is 0. The molecule has 0 radical (unpaired) electrons. The molecule has 1 rings (SSSR count). The Labute approximate surface area is 102 Å². The number of rotatable bonds is 5. The van der Waals surface area contributed by atoms with Gasteiger partial charge >= 0.3 is 5.97 Å². The standard InChI is InChI=1S/C10H13N3O5/c1-5(2)8(10(15)16)12-9(14)7-3-6(4-11-7)13(17)18/h3-5,8,11H,1-2H3,(H,12,14)(H,15,16)/t8-/m0/s1. The smallest absolute Gasteiger partial charge is 0.326 e. The summed E-state index contributed by atoms with van der Waals surface area (Å²) in [6.45, 7) is 3.30. The van der Waals surface area contributed by atoms with Gasteiger partial charge in [0.2, 0.25) is 0 Å². The van der Waals surface area contributed by atoms with E-state index in [-0.39, 0.29) is 17.3 Å². The van der Waals surface area contributed by atoms with E-state index in [2.05, 4.69) is 10.3 Å². The van der Waals surface area contributed by atoms with E-state index >= 15 is 0 Å². The molecule has 18 heavy (non-hydrogen) atoms. The van der Waals surface area contributed by atoms with Crippen molar-refractivity contribution in [2.75, 3.05) is 0 Å². The molecule has 1 heterocycles. The topological polar surface area (TPSA) is 125 Å². The second kappa shape index (κ2) is 5.30. The highest BCUT2D eigenvalue weighted by Gasteiger charge is 2.25. The molecule has 98 valence electrons. The number of carbonyl (C=O) groups is 2. The predicted octanol–water partition coefficient (Wildman–Crippen LogP) is 0.762. The Morgan fingerprint density at radius 3 is 2.50 bits per heavy atom. The molecular formula is C10H13N3O5. The summed E-state index contributed by atoms with van der Waals surface area (Å²) in [6.07, 6.45) is 1.07. The maximum atomic E-state index is 11.7. The summed E-state index contributed by atoms with van der Waals surface area (Å²) in [5, 5.41) is 21.6. The van der Waals surface area contributed by atoms with Gasteiger partial charge in [-0.05, 0) is 5.92 Å². The number of aromatic amines is 1. The minimum atomic E-state index is -1.15. The fourth-order valence-corrected chi connectivity index (χ4v) is 1.35. The van der Waals surface area contributed by atoms with E-state index in [0.29, 0.717) is 0 Å². The van der Waals surface area contributed by atoms with Crippen molar-refractivity contribution in [3.8, 4) is 0 Å². The Morgan fingerprint density at radius 2 is 2.11 bits per heavy atom. The molecule has 8 nitrogen and oxygen atoms in total. The first-order valence-electron chi connectivity index (χ1n) is 5.19. The van der Waals surface area contributed by atoms with Crippen LogP contribution >= 0.6 is 0 Å². The third-order valence-corrected chi connectivity index (χ3v) is 2.34. The number of carboxylic acids is 1. The Kier molecular flexibility index (Phi) is 4.03. The Bertz CT molecular complexity index is 480. The lowest BCUT2D eigenvalue weighted by Gasteiger charge is -2.17. The highest BCUT2D eigenvalue weighted by atomic mass is 16.6. The number of hydrogen-bond donors (Lipinski definition) is 3. The van der Waals surface area contributed by atoms with Gasteiger partial charge in [0.15, 0.2) is 0 Å². The molecule has 1 atom stereocenters. The van der Waals surface area contributed by atoms with Crippen LogP contribution in [0.15, 0.2) is 12.3 Å². The van der Waals surface area contributed by atoms with Crippen molar-refractivity contribution < 1.29 is 19.6 Å². The molecular weight excluding hydrogens is 242 g/mol. The van der Waals surface area contributed by atoms with Gasteiger partial charge in [-0.3, -0.25) is 14.9 Å². The lowest BCUT2D eigenvalue weighted by Crippen LogP contribution is -2.44. The van der Waals surface area contributed by atoms with E-state index in [1.165, 1.54) is 0 Å². The number of nitro groups is 1. The average molecular weight is 255 g/mol. The minimum Gasteiger partial charge on any atom is -0.480 e. The van der Waals surface area contributed by atoms with E-state index in [0.717, 1.165) is 12.3 Å². The van der Waals surface area contributed by atoms with Crippen LogP contribution in [0.2, 0.25) is 0 Å². The fourth-order valence-electron chi connectivity index (χ4n) is 1.35. The zero-order valence-electron chi connectivity index (χ0n) is 9.84. The summed E-state index contributed by atoms with van der Waals surface area (Å²) in [6, 6.07) is 0.00837. The van der Waals surface area contributed by atoms with Gasteiger partial charge in [-0.15, -0.1) is 0 Å². The van der Waals surface area contributed by atoms with Gasteiger partial charge in [-0.25, -0.2) is 4.79 Å². The van der Waals surface area contributed by atoms with Gasteiger partial charge < -0.3 is 15.4 Å². The van der Waals surface area contributed by atoms with Gasteiger partial charge in [-0.2, -0.15) is 0 Å². The lowest BCUT2D eigenvalue weighted by molar-refractivity contribution is -0.384. The number of nitrogens with zero attached hydrogens (tertiary/aromatic N) is 1. The van der Waals surface area contributed by atoms with Gasteiger partial charge in [0.1, 0.15) is 11.7 Å². The van der Waals surface area contributed by atoms with E-state index < -0.39 is 22.8 Å². The molecule has 3 N–H and O–H groups in total. The predicted molar refractivity (Wildman–Crippen MR) is 61.2 cm³/mol. The van der Waals surface area contributed by atoms with Crippen LogP contribution < -0.4 is 5.32 Å². The first-order valence-corrected chi connectivity index (χ1v) is 5.19. The maximum Gasteiger partial charge on any atom is 0.326 e. The molecule has 0 fully saturated rings. The molecule has 0 unspecified atom stereocenters. The Hall–Kier alpha value is -2.38. The summed E-state index contributed by atoms with van der Waals surface area (Å²) in [5.74, 6) is -2.14. The third-order valence-electron chi connectivity index (χ3n) is 2.34. The molecule has 0 aliphatic rings. The number of amides is 1. The van der Waals surface area contributed by atoms with Gasteiger partial charge in [0, 0.05) is 6.07 Å². The van der Waals surface area contributed by atoms with Crippen LogP contribution in [0.5, 0.6) is 0 Å². The number of carboxylic acid groups (broad SMARTS) is 1. The number of aromatic nitrogens is 1. The van der Waals surface area contributed by atoms with Crippen molar-refractivity contribution in [3.05, 3.63) is 28.1 Å². The summed E-state index contributed by atoms with van der Waals surface area (Å²) < 4.78 is 0. The molecule has 1 aromatic heterocycles. The number of nitrogens with one attached hydrogen (secondary N) is 2. The highest BCUT2D eigenvalue weighted by Crippen LogP contribution is 2.12. The number of aliphatic carboxylic acids is 1. The van der Waals surface area contributed by atoms with E-state index in [4.69, 9.17) is 5.11 Å². The quantitative estimate of drug-likeness (QED) is 0.529. The van der Waals surface area contributed by atoms with Crippen LogP contribution in [0, 0.1) is 16.0 Å². The summed E-state index contributed by atoms with van der Waals surface area (Å²) in [7, 11) is 0. The molecule has 0 bridgehead atoms. The van der Waals surface area contributed by atoms with E-state index in [1.54, 1.807) is 13.8 Å². The second-order valence-corrected chi connectivity index (χ2v) is 4.06. The largest absolute Gasteiger partial charge is 0.480 e. The van der Waals surface area contributed by atoms with Crippen molar-refractivity contribution >= 4 is 17.6 Å². The van der Waals surface area contributed by atoms with E-state index in [1.807, 2.05) is 0 Å². The lowest BCUT2D eigenvalue weighted by atomic mass is 10.0. The molecule has 0 saturated heterocycles. The van der Waals surface area contributed by atoms with Gasteiger partial charge in [0.05, 0.1) is 11.1 Å². The number of carbonyl (C=O) groups excluding carboxylic acids is 1. The highest BCUT2D eigenvalue weighted by molar-refractivity contribution is 5.95. The number of H-pyrrole nitrogens is 1. The minimum absolute atomic E-state index is 0.0476. The molecule has 1 aromatic rings. The summed E-state index contributed by atoms with van der Waals surface area (Å²) in [5.41, 5.74) is -0.301. The van der Waals surface area contributed by atoms with Crippen molar-refractivity contribution in [1.82, 2.24) is 10.3 Å². The van der Waals surface area contributed by atoms with Crippen LogP contribution in [-0.2, 0) is 4.79 Å². The first-order chi connectivity index (χ1) is 8.32. The van der Waals surface area contributed by atoms with Crippen molar-refractivity contribution in [2.45, 2.75) is 19.9 Å². The Balaban J connectivity index is 2.80. The fraction of sp³-hybridized carbons (Fsp3) is 0.400. The maximum absolute atomic E-state index is 11.7. The van der Waals surface area contributed by atoms with Crippen molar-refractivity contribution in [3.63, 3.8) is 0 Å². The summed E-state index contributed by atoms with van der Waals surface area (Å²) in [4.78, 5) is 34.8. The molecule has 0 aliphatic heterocycles. The van der Waals surface area contributed by atoms with Gasteiger partial charge in [0.25, 0.3) is 11.6 Å². The van der Waals surface area contributed by atoms with Crippen LogP contribution in [-0.4, -0.2) is 32.9 Å². The molecule has 1 amide bonds. The van der Waals surface area contributed by atoms with Gasteiger partial charge in [-0.1, -0.05) is 13.8 Å². The second-order valence-electron chi connectivity index (χ2n) is 4.06. The van der Waals surface area contributed by atoms with Crippen LogP contribution in [0.1, 0.15) is 24.3 Å². The average Bonchev–Trinajstić information content (AvgIpc) is 2.73. The molecule has 0 saturated carbocycles. The van der Waals surface area contributed by atoms with Crippen LogP contribution in [0.4, 0.5) is 5.69 Å². The van der Waals surface area contributed by atoms with Crippen molar-refractivity contribution in [1.29, 1.82) is 0 Å². The first kappa shape index (κ1) is 13.7. The molecule has 8 heteroatoms. The number of hydrogen-bond acceptors (Lipinski definition) is 4. The molecule has 0 spiro atoms. The SMILES string of the molecule is CC(C)[C@H](NC(=O)c1cc([N+](=O)[O-])c[nH]1)C(=O)O. The normalized spacial score (nSPS) is 12.2. The Morgan fingerprint density at radius 1 is 1.50 bits per heavy atom. The van der Waals surface area contributed by atoms with Crippen LogP contribution in [0.25, 0.3) is 0 Å². The van der Waals surface area contributed by atoms with Crippen LogP contribution in [0.3, 0.4) is 0 Å². The van der Waals surface area contributed by atoms with Crippen molar-refractivity contribution in [2.24, 2.45) is 5.92 Å². The molecule has 0 aromatic carbocycles. The van der Waals surface area contributed by atoms with E-state index in [9.17, 15) is 19.7 Å².